The van der Waals surface area contributed by atoms with Gasteiger partial charge in [0.25, 0.3) is 0 Å². The van der Waals surface area contributed by atoms with Crippen LogP contribution < -0.4 is 0 Å². The number of aliphatic hydroxyl groups is 1. The van der Waals surface area contributed by atoms with Gasteiger partial charge in [0.1, 0.15) is 19.3 Å². The maximum absolute atomic E-state index is 13.1. The molecule has 17 nitrogen and oxygen atoms in total. The molecule has 3 N–H and O–H groups in total. The molecule has 0 aliphatic heterocycles. The summed E-state index contributed by atoms with van der Waals surface area (Å²) >= 11 is 0. The lowest BCUT2D eigenvalue weighted by atomic mass is 10.00. The number of aliphatic hydroxyl groups excluding tert-OH is 1. The first-order valence-corrected chi connectivity index (χ1v) is 47.7. The topological polar surface area (TPSA) is 237 Å². The quantitative estimate of drug-likeness (QED) is 0.0222. The van der Waals surface area contributed by atoms with Gasteiger partial charge >= 0.3 is 39.5 Å². The zero-order valence-electron chi connectivity index (χ0n) is 68.9. The zero-order valence-corrected chi connectivity index (χ0v) is 70.7. The summed E-state index contributed by atoms with van der Waals surface area (Å²) in [6, 6.07) is 0. The van der Waals surface area contributed by atoms with Crippen LogP contribution in [0.25, 0.3) is 0 Å². The number of hydrogen-bond donors (Lipinski definition) is 3. The van der Waals surface area contributed by atoms with Gasteiger partial charge in [0.05, 0.1) is 26.4 Å². The smallest absolute Gasteiger partial charge is 0.462 e. The number of carbonyl (C=O) groups is 4. The van der Waals surface area contributed by atoms with Crippen molar-refractivity contribution in [3.63, 3.8) is 0 Å². The summed E-state index contributed by atoms with van der Waals surface area (Å²) in [5.74, 6) is -1.37. The van der Waals surface area contributed by atoms with E-state index in [2.05, 4.69) is 34.6 Å². The number of unbranched alkanes of at least 4 members (excludes halogenated alkanes) is 57. The summed E-state index contributed by atoms with van der Waals surface area (Å²) in [5, 5.41) is 10.7. The number of rotatable bonds is 86. The first-order valence-electron chi connectivity index (χ1n) is 44.7. The highest BCUT2D eigenvalue weighted by atomic mass is 31.2. The van der Waals surface area contributed by atoms with Gasteiger partial charge in [-0.1, -0.05) is 413 Å². The van der Waals surface area contributed by atoms with Crippen molar-refractivity contribution in [2.75, 3.05) is 39.6 Å². The second-order valence-electron chi connectivity index (χ2n) is 31.2. The molecule has 0 aromatic carbocycles. The Bertz CT molecular complexity index is 2000. The zero-order chi connectivity index (χ0) is 76.9. The predicted molar refractivity (Wildman–Crippen MR) is 432 cm³/mol. The van der Waals surface area contributed by atoms with Gasteiger partial charge in [-0.2, -0.15) is 0 Å². The van der Waals surface area contributed by atoms with Crippen molar-refractivity contribution in [3.8, 4) is 0 Å². The van der Waals surface area contributed by atoms with Crippen LogP contribution in [0.1, 0.15) is 465 Å². The van der Waals surface area contributed by atoms with Crippen LogP contribution >= 0.6 is 15.6 Å². The van der Waals surface area contributed by atoms with E-state index in [-0.39, 0.29) is 25.7 Å². The molecule has 19 heteroatoms. The maximum atomic E-state index is 13.1. The summed E-state index contributed by atoms with van der Waals surface area (Å²) in [7, 11) is -9.93. The molecule has 0 fully saturated rings. The molecular formula is C86H168O17P2. The molecule has 105 heavy (non-hydrogen) atoms. The second kappa shape index (κ2) is 78.7. The minimum Gasteiger partial charge on any atom is -0.462 e. The van der Waals surface area contributed by atoms with E-state index in [0.717, 1.165) is 102 Å². The first-order chi connectivity index (χ1) is 51.1. The number of phosphoric acid groups is 2. The fourth-order valence-electron chi connectivity index (χ4n) is 13.4. The van der Waals surface area contributed by atoms with Crippen molar-refractivity contribution in [2.24, 2.45) is 5.92 Å². The molecule has 3 unspecified atom stereocenters. The van der Waals surface area contributed by atoms with Crippen molar-refractivity contribution in [1.82, 2.24) is 0 Å². The van der Waals surface area contributed by atoms with E-state index in [9.17, 15) is 43.2 Å². The van der Waals surface area contributed by atoms with Gasteiger partial charge in [0.15, 0.2) is 12.2 Å². The number of phosphoric ester groups is 2. The van der Waals surface area contributed by atoms with Crippen molar-refractivity contribution in [3.05, 3.63) is 0 Å². The molecule has 0 saturated carbocycles. The Morgan fingerprint density at radius 2 is 0.457 bits per heavy atom. The van der Waals surface area contributed by atoms with E-state index >= 15 is 0 Å². The molecule has 624 valence electrons. The molecule has 0 aliphatic rings. The number of carbonyl (C=O) groups excluding carboxylic acids is 4. The molecule has 0 aromatic heterocycles. The van der Waals surface area contributed by atoms with Crippen molar-refractivity contribution >= 4 is 39.5 Å². The van der Waals surface area contributed by atoms with Gasteiger partial charge < -0.3 is 33.8 Å². The van der Waals surface area contributed by atoms with Crippen LogP contribution in [0, 0.1) is 5.92 Å². The summed E-state index contributed by atoms with van der Waals surface area (Å²) < 4.78 is 68.9. The lowest BCUT2D eigenvalue weighted by Gasteiger charge is -2.21. The monoisotopic (exact) mass is 1540 g/mol. The molecule has 6 atom stereocenters. The summed E-state index contributed by atoms with van der Waals surface area (Å²) in [4.78, 5) is 73.2. The Balaban J connectivity index is 5.23. The molecule has 0 saturated heterocycles. The molecule has 0 amide bonds. The molecule has 0 rings (SSSR count). The maximum Gasteiger partial charge on any atom is 0.472 e. The molecule has 0 radical (unpaired) electrons. The van der Waals surface area contributed by atoms with Gasteiger partial charge in [-0.25, -0.2) is 9.13 Å². The average Bonchev–Trinajstić information content (AvgIpc) is 0.906. The molecular weight excluding hydrogens is 1370 g/mol. The third kappa shape index (κ3) is 78.5. The highest BCUT2D eigenvalue weighted by Crippen LogP contribution is 2.45. The van der Waals surface area contributed by atoms with E-state index in [4.69, 9.17) is 37.0 Å². The summed E-state index contributed by atoms with van der Waals surface area (Å²) in [6.45, 7) is 7.33. The Morgan fingerprint density at radius 1 is 0.267 bits per heavy atom. The van der Waals surface area contributed by atoms with E-state index in [1.807, 2.05) is 0 Å². The summed E-state index contributed by atoms with van der Waals surface area (Å²) in [5.41, 5.74) is 0. The Morgan fingerprint density at radius 3 is 0.676 bits per heavy atom. The van der Waals surface area contributed by atoms with Crippen LogP contribution in [0.15, 0.2) is 0 Å². The first kappa shape index (κ1) is 103. The van der Waals surface area contributed by atoms with Crippen LogP contribution in [0.5, 0.6) is 0 Å². The molecule has 0 spiro atoms. The fourth-order valence-corrected chi connectivity index (χ4v) is 15.0. The van der Waals surface area contributed by atoms with Gasteiger partial charge in [0, 0.05) is 25.7 Å². The van der Waals surface area contributed by atoms with E-state index in [0.29, 0.717) is 25.7 Å². The molecule has 0 heterocycles. The third-order valence-electron chi connectivity index (χ3n) is 20.6. The van der Waals surface area contributed by atoms with Gasteiger partial charge in [-0.3, -0.25) is 37.3 Å². The van der Waals surface area contributed by atoms with Crippen LogP contribution in [0.2, 0.25) is 0 Å². The normalized spacial score (nSPS) is 14.0. The minimum atomic E-state index is -4.97. The van der Waals surface area contributed by atoms with Crippen molar-refractivity contribution in [1.29, 1.82) is 0 Å². The van der Waals surface area contributed by atoms with Gasteiger partial charge in [-0.15, -0.1) is 0 Å². The molecule has 0 bridgehead atoms. The predicted octanol–water partition coefficient (Wildman–Crippen LogP) is 26.4. The number of esters is 4. The second-order valence-corrected chi connectivity index (χ2v) is 34.1. The van der Waals surface area contributed by atoms with Gasteiger partial charge in [-0.05, 0) is 31.6 Å². The van der Waals surface area contributed by atoms with E-state index in [1.165, 1.54) is 283 Å². The van der Waals surface area contributed by atoms with E-state index in [1.54, 1.807) is 0 Å². The van der Waals surface area contributed by atoms with Crippen LogP contribution in [0.4, 0.5) is 0 Å². The lowest BCUT2D eigenvalue weighted by molar-refractivity contribution is -0.161. The molecule has 0 aromatic rings. The number of ether oxygens (including phenoxy) is 4. The van der Waals surface area contributed by atoms with Crippen LogP contribution in [0.3, 0.4) is 0 Å². The van der Waals surface area contributed by atoms with E-state index < -0.39 is 97.5 Å². The lowest BCUT2D eigenvalue weighted by Crippen LogP contribution is -2.30. The Labute approximate surface area is 645 Å². The average molecular weight is 1540 g/mol. The number of hydrogen-bond acceptors (Lipinski definition) is 15. The summed E-state index contributed by atoms with van der Waals surface area (Å²) in [6.07, 6.45) is 72.3. The Kier molecular flexibility index (Phi) is 77.3. The largest absolute Gasteiger partial charge is 0.472 e. The minimum absolute atomic E-state index is 0.108. The Hall–Kier alpha value is -1.94. The van der Waals surface area contributed by atoms with Crippen molar-refractivity contribution < 1.29 is 80.2 Å². The van der Waals surface area contributed by atoms with Crippen LogP contribution in [-0.4, -0.2) is 96.7 Å². The fraction of sp³-hybridized carbons (Fsp3) is 0.953. The van der Waals surface area contributed by atoms with Crippen molar-refractivity contribution in [2.45, 2.75) is 483 Å². The van der Waals surface area contributed by atoms with Crippen LogP contribution in [-0.2, 0) is 65.4 Å². The highest BCUT2D eigenvalue weighted by molar-refractivity contribution is 7.47. The van der Waals surface area contributed by atoms with Gasteiger partial charge in [0.2, 0.25) is 0 Å². The molecule has 0 aliphatic carbocycles. The third-order valence-corrected chi connectivity index (χ3v) is 22.5. The highest BCUT2D eigenvalue weighted by Gasteiger charge is 2.30. The SMILES string of the molecule is CCCCCCCCCCCCCCCCCCCCCCC(=O)O[C@H](COC(=O)CCCCCCCCCCCCCCCCCCCCC)COP(=O)(O)OC[C@@H](O)COP(=O)(O)OC[C@@H](COC(=O)CCCCCCCCC(C)CC)OC(=O)CCCCCCCCCCCCCCCCCC. The standard InChI is InChI=1S/C86H168O17P2/c1-6-10-13-16-19-22-25-28-31-34-36-38-40-43-46-49-52-55-62-67-71-85(90)102-81(75-96-83(88)69-64-59-53-50-47-44-42-39-37-35-32-29-26-23-20-17-14-11-7-2)77-100-104(92,93)98-73-80(87)74-99-105(94,95)101-78-82(76-97-84(89)70-65-60-57-56-58-63-68-79(5)9-4)103-86(91)72-66-61-54-51-48-45-41-33-30-27-24-21-18-15-12-8-3/h79-82,87H,6-78H2,1-5H3,(H,92,93)(H,94,95)/t79?,80-,81-,82-/m1/s1.